The number of aromatic nitrogens is 3. The lowest BCUT2D eigenvalue weighted by molar-refractivity contribution is -0.117. The van der Waals surface area contributed by atoms with E-state index in [4.69, 9.17) is 0 Å². The van der Waals surface area contributed by atoms with E-state index in [2.05, 4.69) is 20.3 Å². The third-order valence-corrected chi connectivity index (χ3v) is 2.61. The van der Waals surface area contributed by atoms with Gasteiger partial charge in [-0.15, -0.1) is 0 Å². The highest BCUT2D eigenvalue weighted by Gasteiger charge is 2.16. The van der Waals surface area contributed by atoms with Gasteiger partial charge in [-0.1, -0.05) is 6.07 Å². The van der Waals surface area contributed by atoms with Gasteiger partial charge in [0.25, 0.3) is 0 Å². The molecule has 0 saturated carbocycles. The van der Waals surface area contributed by atoms with E-state index in [1.54, 1.807) is 24.7 Å². The Morgan fingerprint density at radius 3 is 2.83 bits per heavy atom. The summed E-state index contributed by atoms with van der Waals surface area (Å²) in [6.07, 6.45) is 4.98. The number of nitrogens with one attached hydrogen (secondary N) is 1. The van der Waals surface area contributed by atoms with Crippen LogP contribution in [-0.2, 0) is 4.79 Å². The van der Waals surface area contributed by atoms with E-state index in [0.717, 1.165) is 11.3 Å². The van der Waals surface area contributed by atoms with Crippen LogP contribution in [0.4, 0.5) is 5.95 Å². The number of carbonyl (C=O) groups excluding carboxylic acids is 1. The van der Waals surface area contributed by atoms with Crippen molar-refractivity contribution in [1.82, 2.24) is 15.0 Å². The molecule has 0 aliphatic heterocycles. The predicted octanol–water partition coefficient (Wildman–Crippen LogP) is 1.92. The van der Waals surface area contributed by atoms with Gasteiger partial charge in [-0.05, 0) is 31.5 Å². The van der Waals surface area contributed by atoms with Crippen molar-refractivity contribution in [3.05, 3.63) is 48.0 Å². The zero-order valence-electron chi connectivity index (χ0n) is 10.3. The minimum Gasteiger partial charge on any atom is -0.294 e. The molecule has 0 radical (unpaired) electrons. The van der Waals surface area contributed by atoms with Crippen LogP contribution in [-0.4, -0.2) is 20.9 Å². The lowest BCUT2D eigenvalue weighted by Crippen LogP contribution is -2.20. The SMILES string of the molecule is Cc1ccnc(NC(=O)[C@H](C)c2cccnc2)n1. The summed E-state index contributed by atoms with van der Waals surface area (Å²) in [6.45, 7) is 3.67. The molecule has 1 N–H and O–H groups in total. The molecule has 0 saturated heterocycles. The number of carbonyl (C=O) groups is 1. The van der Waals surface area contributed by atoms with Crippen LogP contribution in [0, 0.1) is 6.92 Å². The zero-order chi connectivity index (χ0) is 13.0. The summed E-state index contributed by atoms with van der Waals surface area (Å²) in [7, 11) is 0. The van der Waals surface area contributed by atoms with Crippen molar-refractivity contribution in [2.75, 3.05) is 5.32 Å². The quantitative estimate of drug-likeness (QED) is 0.892. The second-order valence-corrected chi connectivity index (χ2v) is 4.02. The molecule has 2 rings (SSSR count). The van der Waals surface area contributed by atoms with Gasteiger partial charge in [0.05, 0.1) is 5.92 Å². The molecule has 5 heteroatoms. The van der Waals surface area contributed by atoms with Crippen LogP contribution in [0.1, 0.15) is 24.1 Å². The van der Waals surface area contributed by atoms with Crippen molar-refractivity contribution in [1.29, 1.82) is 0 Å². The average Bonchev–Trinajstić information content (AvgIpc) is 2.39. The van der Waals surface area contributed by atoms with E-state index in [-0.39, 0.29) is 11.8 Å². The molecule has 0 unspecified atom stereocenters. The molecule has 0 aliphatic carbocycles. The van der Waals surface area contributed by atoms with Crippen LogP contribution in [0.25, 0.3) is 0 Å². The van der Waals surface area contributed by atoms with E-state index < -0.39 is 0 Å². The van der Waals surface area contributed by atoms with Crippen molar-refractivity contribution in [3.63, 3.8) is 0 Å². The summed E-state index contributed by atoms with van der Waals surface area (Å²) in [5.74, 6) is -0.104. The minimum atomic E-state index is -0.289. The van der Waals surface area contributed by atoms with Gasteiger partial charge in [0.1, 0.15) is 0 Å². The second-order valence-electron chi connectivity index (χ2n) is 4.02. The number of hydrogen-bond donors (Lipinski definition) is 1. The molecule has 0 aromatic carbocycles. The standard InChI is InChI=1S/C13H14N4O/c1-9-5-7-15-13(16-9)17-12(18)10(2)11-4-3-6-14-8-11/h3-8,10H,1-2H3,(H,15,16,17,18)/t10-/m1/s1. The Bertz CT molecular complexity index is 542. The molecule has 1 atom stereocenters. The van der Waals surface area contributed by atoms with Gasteiger partial charge in [0.2, 0.25) is 11.9 Å². The molecule has 1 amide bonds. The molecule has 5 nitrogen and oxygen atoms in total. The average molecular weight is 242 g/mol. The van der Waals surface area contributed by atoms with Crippen LogP contribution < -0.4 is 5.32 Å². The fraction of sp³-hybridized carbons (Fsp3) is 0.231. The van der Waals surface area contributed by atoms with E-state index in [1.807, 2.05) is 26.0 Å². The molecule has 2 heterocycles. The normalized spacial score (nSPS) is 11.9. The van der Waals surface area contributed by atoms with Crippen LogP contribution in [0.15, 0.2) is 36.8 Å². The lowest BCUT2D eigenvalue weighted by Gasteiger charge is -2.11. The zero-order valence-corrected chi connectivity index (χ0v) is 10.3. The smallest absolute Gasteiger partial charge is 0.234 e. The fourth-order valence-electron chi connectivity index (χ4n) is 1.51. The van der Waals surface area contributed by atoms with Crippen molar-refractivity contribution < 1.29 is 4.79 Å². The first-order valence-electron chi connectivity index (χ1n) is 5.67. The summed E-state index contributed by atoms with van der Waals surface area (Å²) < 4.78 is 0. The number of hydrogen-bond acceptors (Lipinski definition) is 4. The number of amides is 1. The van der Waals surface area contributed by atoms with Crippen molar-refractivity contribution in [2.24, 2.45) is 0 Å². The topological polar surface area (TPSA) is 67.8 Å². The Morgan fingerprint density at radius 2 is 2.17 bits per heavy atom. The van der Waals surface area contributed by atoms with E-state index in [0.29, 0.717) is 5.95 Å². The molecule has 0 bridgehead atoms. The first kappa shape index (κ1) is 12.2. The highest BCUT2D eigenvalue weighted by Crippen LogP contribution is 2.15. The molecule has 0 spiro atoms. The van der Waals surface area contributed by atoms with E-state index in [9.17, 15) is 4.79 Å². The first-order chi connectivity index (χ1) is 8.66. The van der Waals surface area contributed by atoms with Gasteiger partial charge < -0.3 is 0 Å². The molecule has 18 heavy (non-hydrogen) atoms. The molecule has 2 aromatic heterocycles. The fourth-order valence-corrected chi connectivity index (χ4v) is 1.51. The molecular weight excluding hydrogens is 228 g/mol. The number of rotatable bonds is 3. The van der Waals surface area contributed by atoms with E-state index in [1.165, 1.54) is 0 Å². The maximum absolute atomic E-state index is 12.0. The van der Waals surface area contributed by atoms with Gasteiger partial charge >= 0.3 is 0 Å². The number of aryl methyl sites for hydroxylation is 1. The Morgan fingerprint density at radius 1 is 1.33 bits per heavy atom. The monoisotopic (exact) mass is 242 g/mol. The highest BCUT2D eigenvalue weighted by molar-refractivity contribution is 5.94. The first-order valence-corrected chi connectivity index (χ1v) is 5.67. The Kier molecular flexibility index (Phi) is 3.62. The van der Waals surface area contributed by atoms with Gasteiger partial charge in [-0.2, -0.15) is 0 Å². The van der Waals surface area contributed by atoms with E-state index >= 15 is 0 Å². The van der Waals surface area contributed by atoms with Crippen LogP contribution in [0.2, 0.25) is 0 Å². The largest absolute Gasteiger partial charge is 0.294 e. The number of pyridine rings is 1. The Hall–Kier alpha value is -2.30. The highest BCUT2D eigenvalue weighted by atomic mass is 16.2. The molecule has 0 fully saturated rings. The lowest BCUT2D eigenvalue weighted by atomic mass is 10.0. The van der Waals surface area contributed by atoms with Gasteiger partial charge in [0.15, 0.2) is 0 Å². The summed E-state index contributed by atoms with van der Waals surface area (Å²) in [5.41, 5.74) is 1.68. The van der Waals surface area contributed by atoms with Crippen molar-refractivity contribution in [2.45, 2.75) is 19.8 Å². The maximum Gasteiger partial charge on any atom is 0.234 e. The summed E-state index contributed by atoms with van der Waals surface area (Å²) in [5, 5.41) is 2.69. The van der Waals surface area contributed by atoms with Gasteiger partial charge in [-0.25, -0.2) is 9.97 Å². The van der Waals surface area contributed by atoms with Crippen LogP contribution in [0.5, 0.6) is 0 Å². The maximum atomic E-state index is 12.0. The van der Waals surface area contributed by atoms with Crippen LogP contribution in [0.3, 0.4) is 0 Å². The Labute approximate surface area is 105 Å². The predicted molar refractivity (Wildman–Crippen MR) is 68.1 cm³/mol. The third kappa shape index (κ3) is 2.88. The number of nitrogens with zero attached hydrogens (tertiary/aromatic N) is 3. The molecule has 0 aliphatic rings. The molecular formula is C13H14N4O. The van der Waals surface area contributed by atoms with Crippen LogP contribution >= 0.6 is 0 Å². The van der Waals surface area contributed by atoms with Gasteiger partial charge in [-0.3, -0.25) is 15.1 Å². The second kappa shape index (κ2) is 5.35. The number of anilines is 1. The Balaban J connectivity index is 2.09. The third-order valence-electron chi connectivity index (χ3n) is 2.61. The molecule has 92 valence electrons. The minimum absolute atomic E-state index is 0.145. The van der Waals surface area contributed by atoms with Crippen molar-refractivity contribution >= 4 is 11.9 Å². The summed E-state index contributed by atoms with van der Waals surface area (Å²) in [6, 6.07) is 5.46. The van der Waals surface area contributed by atoms with Gasteiger partial charge in [0, 0.05) is 24.3 Å². The summed E-state index contributed by atoms with van der Waals surface area (Å²) >= 11 is 0. The molecule has 2 aromatic rings. The van der Waals surface area contributed by atoms with Crippen molar-refractivity contribution in [3.8, 4) is 0 Å². The summed E-state index contributed by atoms with van der Waals surface area (Å²) in [4.78, 5) is 24.1.